The number of aliphatic carboxylic acids is 1. The molecule has 0 aliphatic carbocycles. The highest BCUT2D eigenvalue weighted by atomic mass is 31.2. The van der Waals surface area contributed by atoms with E-state index in [4.69, 9.17) is 10.00 Å². The maximum absolute atomic E-state index is 11.6. The summed E-state index contributed by atoms with van der Waals surface area (Å²) in [5.41, 5.74) is 0. The van der Waals surface area contributed by atoms with Crippen molar-refractivity contribution in [2.75, 3.05) is 19.8 Å². The number of nitrogens with zero attached hydrogens (tertiary/aromatic N) is 1. The minimum atomic E-state index is -3.68. The molecule has 0 saturated carbocycles. The molecule has 0 heterocycles. The van der Waals surface area contributed by atoms with Gasteiger partial charge in [-0.15, -0.1) is 0 Å². The summed E-state index contributed by atoms with van der Waals surface area (Å²) in [6.45, 7) is 3.69. The van der Waals surface area contributed by atoms with Crippen LogP contribution in [0.4, 0.5) is 0 Å². The van der Waals surface area contributed by atoms with Gasteiger partial charge in [0.1, 0.15) is 5.85 Å². The largest absolute Gasteiger partial charge is 0.480 e. The molecule has 0 rings (SSSR count). The van der Waals surface area contributed by atoms with E-state index in [0.717, 1.165) is 6.66 Å². The van der Waals surface area contributed by atoms with E-state index < -0.39 is 37.7 Å². The Balaban J connectivity index is 4.43. The molecule has 1 amide bonds. The van der Waals surface area contributed by atoms with Gasteiger partial charge in [-0.2, -0.15) is 0 Å². The van der Waals surface area contributed by atoms with Gasteiger partial charge >= 0.3 is 5.97 Å². The zero-order valence-corrected chi connectivity index (χ0v) is 13.2. The minimum Gasteiger partial charge on any atom is -0.480 e. The predicted octanol–water partition coefficient (Wildman–Crippen LogP) is -0.488. The Morgan fingerprint density at radius 2 is 1.86 bits per heavy atom. The van der Waals surface area contributed by atoms with E-state index >= 15 is 0 Å². The van der Waals surface area contributed by atoms with Gasteiger partial charge in [-0.3, -0.25) is 14.6 Å². The van der Waals surface area contributed by atoms with E-state index in [2.05, 4.69) is 5.32 Å². The lowest BCUT2D eigenvalue weighted by Crippen LogP contribution is -2.47. The average molecular weight is 326 g/mol. The Morgan fingerprint density at radius 3 is 2.24 bits per heavy atom. The number of amides is 1. The highest BCUT2D eigenvalue weighted by Crippen LogP contribution is 2.39. The van der Waals surface area contributed by atoms with Crippen molar-refractivity contribution in [3.63, 3.8) is 0 Å². The van der Waals surface area contributed by atoms with Gasteiger partial charge < -0.3 is 20.4 Å². The molecule has 10 heteroatoms. The third-order valence-corrected chi connectivity index (χ3v) is 3.98. The molecule has 0 aliphatic rings. The lowest BCUT2D eigenvalue weighted by Gasteiger charge is -2.24. The topological polar surface area (TPSA) is 147 Å². The Morgan fingerprint density at radius 1 is 1.33 bits per heavy atom. The molecule has 9 nitrogen and oxygen atoms in total. The van der Waals surface area contributed by atoms with Gasteiger partial charge in [-0.1, -0.05) is 13.8 Å². The van der Waals surface area contributed by atoms with Crippen LogP contribution in [0, 0.1) is 5.92 Å². The number of carboxylic acids is 1. The SMILES string of the molecule is CC(C)CC(C(=O)O)N(O)C(=O)CNCC(O)P(C)(=O)O. The Hall–Kier alpha value is -0.990. The number of aliphatic hydroxyl groups excluding tert-OH is 1. The highest BCUT2D eigenvalue weighted by Gasteiger charge is 2.29. The molecule has 5 N–H and O–H groups in total. The number of rotatable bonds is 9. The number of hydroxylamine groups is 2. The number of nitrogens with one attached hydrogen (secondary N) is 1. The van der Waals surface area contributed by atoms with Crippen LogP contribution in [-0.2, 0) is 14.2 Å². The van der Waals surface area contributed by atoms with Gasteiger partial charge in [0, 0.05) is 13.2 Å². The van der Waals surface area contributed by atoms with Crippen LogP contribution in [0.1, 0.15) is 20.3 Å². The van der Waals surface area contributed by atoms with Crippen molar-refractivity contribution in [1.82, 2.24) is 10.4 Å². The van der Waals surface area contributed by atoms with E-state index in [1.807, 2.05) is 0 Å². The fourth-order valence-electron chi connectivity index (χ4n) is 1.48. The third kappa shape index (κ3) is 7.54. The maximum atomic E-state index is 11.6. The molecule has 0 bridgehead atoms. The monoisotopic (exact) mass is 326 g/mol. The van der Waals surface area contributed by atoms with Crippen LogP contribution in [0.2, 0.25) is 0 Å². The Kier molecular flexibility index (Phi) is 8.05. The van der Waals surface area contributed by atoms with Crippen molar-refractivity contribution < 1.29 is 34.5 Å². The number of carbonyl (C=O) groups is 2. The first-order valence-corrected chi connectivity index (χ1v) is 8.56. The smallest absolute Gasteiger partial charge is 0.329 e. The summed E-state index contributed by atoms with van der Waals surface area (Å²) >= 11 is 0. The molecule has 3 unspecified atom stereocenters. The van der Waals surface area contributed by atoms with E-state index in [1.54, 1.807) is 13.8 Å². The molecule has 0 aromatic carbocycles. The average Bonchev–Trinajstić information content (AvgIpc) is 2.33. The molecule has 0 radical (unpaired) electrons. The predicted molar refractivity (Wildman–Crippen MR) is 74.1 cm³/mol. The third-order valence-electron chi connectivity index (χ3n) is 2.69. The molecular formula is C11H23N2O7P. The quantitative estimate of drug-likeness (QED) is 0.217. The summed E-state index contributed by atoms with van der Waals surface area (Å²) in [5, 5.41) is 30.4. The van der Waals surface area contributed by atoms with Gasteiger partial charge in [-0.05, 0) is 12.3 Å². The molecule has 0 aliphatic heterocycles. The van der Waals surface area contributed by atoms with E-state index in [9.17, 15) is 24.5 Å². The fraction of sp³-hybridized carbons (Fsp3) is 0.818. The summed E-state index contributed by atoms with van der Waals surface area (Å²) in [5.74, 6) is -3.81. The van der Waals surface area contributed by atoms with Crippen molar-refractivity contribution in [2.24, 2.45) is 5.92 Å². The minimum absolute atomic E-state index is 0.0382. The molecule has 0 fully saturated rings. The van der Waals surface area contributed by atoms with Gasteiger partial charge in [-0.25, -0.2) is 9.86 Å². The summed E-state index contributed by atoms with van der Waals surface area (Å²) in [4.78, 5) is 31.7. The molecule has 0 aromatic rings. The first kappa shape index (κ1) is 20.0. The molecule has 124 valence electrons. The second kappa shape index (κ2) is 8.45. The standard InChI is InChI=1S/C11H23N2O7P/c1-7(2)4-8(11(16)17)13(18)9(14)5-12-6-10(15)21(3,19)20/h7-8,10,12,15,18H,4-6H2,1-3H3,(H,16,17)(H,19,20). The summed E-state index contributed by atoms with van der Waals surface area (Å²) in [7, 11) is -3.68. The molecule has 0 spiro atoms. The van der Waals surface area contributed by atoms with Gasteiger partial charge in [0.05, 0.1) is 6.54 Å². The van der Waals surface area contributed by atoms with Gasteiger partial charge in [0.25, 0.3) is 5.91 Å². The molecule has 0 aromatic heterocycles. The molecular weight excluding hydrogens is 303 g/mol. The normalized spacial score (nSPS) is 17.1. The zero-order chi connectivity index (χ0) is 16.8. The Bertz CT molecular complexity index is 409. The maximum Gasteiger partial charge on any atom is 0.329 e. The van der Waals surface area contributed by atoms with E-state index in [-0.39, 0.29) is 23.9 Å². The fourth-order valence-corrected chi connectivity index (χ4v) is 1.95. The van der Waals surface area contributed by atoms with E-state index in [1.165, 1.54) is 0 Å². The van der Waals surface area contributed by atoms with Crippen LogP contribution in [0.15, 0.2) is 0 Å². The van der Waals surface area contributed by atoms with Crippen molar-refractivity contribution in [3.05, 3.63) is 0 Å². The van der Waals surface area contributed by atoms with Gasteiger partial charge in [0.15, 0.2) is 6.04 Å². The Labute approximate surface area is 123 Å². The second-order valence-electron chi connectivity index (χ2n) is 5.28. The van der Waals surface area contributed by atoms with Crippen LogP contribution in [-0.4, -0.2) is 68.9 Å². The van der Waals surface area contributed by atoms with Crippen molar-refractivity contribution in [1.29, 1.82) is 0 Å². The van der Waals surface area contributed by atoms with Crippen LogP contribution in [0.25, 0.3) is 0 Å². The lowest BCUT2D eigenvalue weighted by atomic mass is 10.0. The van der Waals surface area contributed by atoms with Crippen LogP contribution in [0.5, 0.6) is 0 Å². The number of carboxylic acid groups (broad SMARTS) is 1. The highest BCUT2D eigenvalue weighted by molar-refractivity contribution is 7.57. The number of carbonyl (C=O) groups excluding carboxylic acids is 1. The summed E-state index contributed by atoms with van der Waals surface area (Å²) < 4.78 is 11.1. The van der Waals surface area contributed by atoms with E-state index in [0.29, 0.717) is 0 Å². The van der Waals surface area contributed by atoms with Crippen molar-refractivity contribution >= 4 is 19.2 Å². The van der Waals surface area contributed by atoms with Crippen molar-refractivity contribution in [2.45, 2.75) is 32.2 Å². The number of aliphatic hydroxyl groups is 1. The zero-order valence-electron chi connectivity index (χ0n) is 12.3. The summed E-state index contributed by atoms with van der Waals surface area (Å²) in [6, 6.07) is -1.36. The molecule has 21 heavy (non-hydrogen) atoms. The lowest BCUT2D eigenvalue weighted by molar-refractivity contribution is -0.186. The summed E-state index contributed by atoms with van der Waals surface area (Å²) in [6.07, 6.45) is 0.0843. The first-order chi connectivity index (χ1) is 9.46. The van der Waals surface area contributed by atoms with Crippen LogP contribution in [0.3, 0.4) is 0 Å². The van der Waals surface area contributed by atoms with Crippen LogP contribution >= 0.6 is 7.37 Å². The first-order valence-electron chi connectivity index (χ1n) is 6.39. The molecule has 3 atom stereocenters. The number of hydrogen-bond donors (Lipinski definition) is 5. The second-order valence-corrected chi connectivity index (χ2v) is 7.76. The number of hydrogen-bond acceptors (Lipinski definition) is 6. The van der Waals surface area contributed by atoms with Gasteiger partial charge in [0.2, 0.25) is 7.37 Å². The van der Waals surface area contributed by atoms with Crippen molar-refractivity contribution in [3.8, 4) is 0 Å². The molecule has 0 saturated heterocycles. The van der Waals surface area contributed by atoms with Crippen LogP contribution < -0.4 is 5.32 Å².